The Morgan fingerprint density at radius 2 is 0.524 bits per heavy atom. The fraction of sp³-hybridized carbons (Fsp3) is 0.438. The molecule has 0 unspecified atom stereocenters. The highest BCUT2D eigenvalue weighted by molar-refractivity contribution is 5.88. The zero-order chi connectivity index (χ0) is 173. The number of fused-ring (bicyclic) bond motifs is 6. The number of aromatic amines is 6. The van der Waals surface area contributed by atoms with Crippen molar-refractivity contribution in [1.29, 1.82) is 0 Å². The Bertz CT molecular complexity index is 10700. The van der Waals surface area contributed by atoms with Crippen molar-refractivity contribution >= 4 is 102 Å². The highest BCUT2D eigenvalue weighted by Crippen LogP contribution is 2.29. The van der Waals surface area contributed by atoms with E-state index in [0.29, 0.717) is 24.7 Å². The number of aromatic nitrogens is 6. The van der Waals surface area contributed by atoms with Gasteiger partial charge < -0.3 is 120 Å². The van der Waals surface area contributed by atoms with Crippen molar-refractivity contribution in [3.8, 4) is 0 Å². The van der Waals surface area contributed by atoms with E-state index in [1.807, 2.05) is 0 Å². The first kappa shape index (κ1) is 29.5. The van der Waals surface area contributed by atoms with E-state index in [-0.39, 0.29) is 37.2 Å². The van der Waals surface area contributed by atoms with Crippen LogP contribution in [0.5, 0.6) is 0 Å². The van der Waals surface area contributed by atoms with Gasteiger partial charge in [-0.25, -0.2) is 28.8 Å². The molecule has 0 aliphatic carbocycles. The van der Waals surface area contributed by atoms with Gasteiger partial charge in [0.25, 0.3) is 0 Å². The second-order valence-electron chi connectivity index (χ2n) is 25.1. The number of likely N-dealkylation sites (N-methyl/N-ethyl adjacent to an activating group) is 6. The first-order valence-corrected chi connectivity index (χ1v) is 35.1. The first-order chi connectivity index (χ1) is 98.8. The molecule has 12 N–H and O–H groups in total. The number of amides is 6. The number of alkyl carbamates (subject to hydrolysis) is 6. The molecule has 6 saturated heterocycles. The molecule has 30 heteroatoms. The molecule has 0 spiro atoms. The van der Waals surface area contributed by atoms with Gasteiger partial charge in [-0.1, -0.05) is 36.3 Å². The summed E-state index contributed by atoms with van der Waals surface area (Å²) >= 11 is 0. The molecule has 30 nitrogen and oxygen atoms in total. The molecule has 0 bridgehead atoms. The van der Waals surface area contributed by atoms with Gasteiger partial charge in [-0.05, 0) is 300 Å². The molecule has 12 heterocycles. The number of rotatable bonds is 30. The van der Waals surface area contributed by atoms with Crippen molar-refractivity contribution in [1.82, 2.24) is 91.1 Å². The number of H-pyrrole nitrogens is 6. The van der Waals surface area contributed by atoms with E-state index in [9.17, 15) is 28.8 Å². The highest BCUT2D eigenvalue weighted by atomic mass is 16.6. The van der Waals surface area contributed by atoms with E-state index in [2.05, 4.69) is 28.4 Å². The smallest absolute Gasteiger partial charge is 0.407 e. The molecule has 672 valence electrons. The Hall–Kier alpha value is -12.1. The summed E-state index contributed by atoms with van der Waals surface area (Å²) in [7, 11) is 7.90. The van der Waals surface area contributed by atoms with Crippen molar-refractivity contribution in [3.63, 3.8) is 0 Å². The van der Waals surface area contributed by atoms with E-state index in [0.717, 1.165) is 14.1 Å². The summed E-state index contributed by atoms with van der Waals surface area (Å²) in [6.45, 7) is -51.2. The number of carbonyl (C=O) groups is 6. The van der Waals surface area contributed by atoms with Gasteiger partial charge in [0.2, 0.25) is 0 Å². The fourth-order valence-electron chi connectivity index (χ4n) is 9.87. The summed E-state index contributed by atoms with van der Waals surface area (Å²) in [6.07, 6.45) is -48.1. The van der Waals surface area contributed by atoms with Crippen LogP contribution in [0.3, 0.4) is 0 Å². The largest absolute Gasteiger partial charge is 0.447 e. The van der Waals surface area contributed by atoms with Crippen LogP contribution in [0, 0.1) is 0 Å². The number of cyclic esters (lactones) is 6. The number of carbonyl (C=O) groups excluding carboxylic acids is 6. The Morgan fingerprint density at radius 1 is 0.310 bits per heavy atom. The van der Waals surface area contributed by atoms with Crippen molar-refractivity contribution in [3.05, 3.63) is 213 Å². The van der Waals surface area contributed by atoms with Gasteiger partial charge in [-0.15, -0.1) is 0 Å². The molecule has 0 saturated carbocycles. The average molecular weight is 1820 g/mol. The quantitative estimate of drug-likeness (QED) is 0.0186. The SMILES string of the molecule is [2H]c1c(C([2H])([2H])[C@]2([2H])N([2H])C(=O)OC2([2H])[2H])c([2H])c2c(C([2H])([2H])CN(C([2H])([2H])[2H])C([2H])([2H])[2H])c([2H])n([2H])c2c1[2H].[2H]c1c(C([2H])([2H])[C@]2([2H])N([2H])C(=O)OC2([2H])[2H])c([2H])c2c(C([2H])([2H])CN(C)C([2H])([2H])[2H])c([2H])n([2H])c2c1[2H].[2H]c1c(C([2H])([2H])[C@]2([2H])N([2H])C(=O)OC2([2H])[2H])c([2H])c2c(C([2H])([2H])CN(C)C)c([2H])n([2H])c2c1[2H].[2H]c1c(C([2H])([2H])[C@]2([2H])N([2H])C(=O)OC2([2H])[2H])c([2H])c2c(CC([2H])([2H])N(C([2H])([2H])[2H])C([2H])([2H])[2H])c([2H])n([2H])c2c1[2H].[2H]c1c(C([2H])([2H])[C@]2([2H])N([2H])C(=O)OC2([2H])[2H])c([2H])c2c(CC([2H])([2H])N(C)C([2H])([2H])[2H])c([2H])n([2H])c2c1[2H].[2H]c1c(C([2H])([2H])[C@]2([2H])N([2H])C(=O)OC2([2H])[2H])c([2H])c2c(CC([2H])([2H])N(C)C)c([2H])n([2H])c2c1[2H]. The molecule has 6 fully saturated rings. The molecule has 6 aromatic carbocycles. The van der Waals surface area contributed by atoms with Crippen LogP contribution in [-0.4, -0.2) is 295 Å². The zero-order valence-electron chi connectivity index (χ0n) is 161. The van der Waals surface area contributed by atoms with E-state index >= 15 is 0 Å². The van der Waals surface area contributed by atoms with E-state index in [4.69, 9.17) is 132 Å². The van der Waals surface area contributed by atoms with E-state index in [1.165, 1.54) is 38.0 Å². The number of hydrogen-bond donors (Lipinski definition) is 12. The van der Waals surface area contributed by atoms with Gasteiger partial charge in [0.1, 0.15) is 39.4 Å². The summed E-state index contributed by atoms with van der Waals surface area (Å²) in [6, 6.07) is -40.0. The maximum Gasteiger partial charge on any atom is 0.407 e. The van der Waals surface area contributed by atoms with Crippen LogP contribution in [0.15, 0.2) is 146 Å². The van der Waals surface area contributed by atoms with Crippen LogP contribution in [0.1, 0.15) is 182 Å². The number of nitrogens with one attached hydrogen (secondary N) is 12. The van der Waals surface area contributed by atoms with Crippen LogP contribution in [0.2, 0.25) is 16.9 Å². The molecule has 6 amide bonds. The topological polar surface area (TPSA) is 344 Å². The normalized spacial score (nSPS) is 37.6. The van der Waals surface area contributed by atoms with Gasteiger partial charge >= 0.3 is 36.6 Å². The average Bonchev–Trinajstić information content (AvgIpc) is 1.56. The second-order valence-corrected chi connectivity index (χ2v) is 25.1. The summed E-state index contributed by atoms with van der Waals surface area (Å²) < 4.78 is 804. The first-order valence-electron chi connectivity index (χ1n) is 82.5. The lowest BCUT2D eigenvalue weighted by atomic mass is 10.0. The van der Waals surface area contributed by atoms with Crippen LogP contribution >= 0.6 is 0 Å². The van der Waals surface area contributed by atoms with Crippen LogP contribution in [0.25, 0.3) is 65.4 Å². The second kappa shape index (κ2) is 43.7. The molecular weight excluding hydrogens is 1600 g/mol. The molecule has 126 heavy (non-hydrogen) atoms. The van der Waals surface area contributed by atoms with E-state index < -0.39 is 567 Å². The van der Waals surface area contributed by atoms with Gasteiger partial charge in [-0.3, -0.25) is 0 Å². The third-order valence-electron chi connectivity index (χ3n) is 15.2. The molecule has 6 aliphatic heterocycles. The fourth-order valence-corrected chi connectivity index (χ4v) is 9.87. The minimum atomic E-state index is -3.71. The number of aryl methyl sites for hydroxylation is 3. The monoisotopic (exact) mass is 1820 g/mol. The minimum absolute atomic E-state index is 0.101. The summed E-state index contributed by atoms with van der Waals surface area (Å²) in [5.74, 6) is 0. The molecular formula is C96H126N18O12. The number of benzene rings is 6. The third kappa shape index (κ3) is 26.5. The maximum absolute atomic E-state index is 11.9. The zero-order valence-corrected chi connectivity index (χ0v) is 65.2. The predicted molar refractivity (Wildman–Crippen MR) is 495 cm³/mol. The Labute approximate surface area is 872 Å². The molecule has 6 aromatic heterocycles. The summed E-state index contributed by atoms with van der Waals surface area (Å²) in [5, 5.41) is -6.51. The van der Waals surface area contributed by atoms with Gasteiger partial charge in [-0.2, -0.15) is 0 Å². The van der Waals surface area contributed by atoms with E-state index in [1.54, 1.807) is 0 Å². The minimum Gasteiger partial charge on any atom is -0.447 e. The third-order valence-corrected chi connectivity index (χ3v) is 15.2. The summed E-state index contributed by atoms with van der Waals surface area (Å²) in [4.78, 5) is 75.6. The number of ether oxygens (including phenoxy) is 6. The molecule has 12 aromatic rings. The lowest BCUT2D eigenvalue weighted by Gasteiger charge is -2.09. The standard InChI is InChI=1S/6C16H21N3O2/c6*1-19(2)6-5-12-9-17-15-4-3-11(8-14(12)15)7-13-10-21-16(20)18-13/h6*3-4,8-9,13,17H,5-7,10H2,1-2H3,(H,18,20)/t6*13-/m000000/s1/i1D3,2D3,3D,4D,6D2,7D2,8D,9D,10D2,13D;1D3,2D3,3D,4D,5D2,7D2,8D,9D,10D2,13D;1D3,3D,4D,6D2,7D2,8D,9D,10D2,13D;1D3,3D,4D,5D2,7D2,8D,9D,10D2,13D;3D,4D,6D2,7D2,8D,9D,10D2,13D;3D,4D,5D2,7D2,8D,9D,10D2,13D/hD12. The van der Waals surface area contributed by atoms with Crippen molar-refractivity contribution in [2.75, 3.05) is 163 Å². The highest BCUT2D eigenvalue weighted by Gasteiger charge is 2.29. The van der Waals surface area contributed by atoms with Crippen molar-refractivity contribution in [2.45, 2.75) is 113 Å². The Kier molecular flexibility index (Phi) is 10.2. The number of hydrogen-bond acceptors (Lipinski definition) is 18. The summed E-state index contributed by atoms with van der Waals surface area (Å²) in [5.41, 5.74) is -14.4. The van der Waals surface area contributed by atoms with Gasteiger partial charge in [0.05, 0.1) is 93.7 Å². The lowest BCUT2D eigenvalue weighted by molar-refractivity contribution is 0.176. The maximum atomic E-state index is 11.9. The Balaban J connectivity index is 0.000000212. The Morgan fingerprint density at radius 3 is 0.746 bits per heavy atom. The number of nitrogens with zero attached hydrogens (tertiary/aromatic N) is 6. The van der Waals surface area contributed by atoms with Crippen LogP contribution in [0.4, 0.5) is 28.8 Å². The van der Waals surface area contributed by atoms with Crippen LogP contribution in [-0.2, 0) is 105 Å². The van der Waals surface area contributed by atoms with Crippen molar-refractivity contribution in [2.24, 2.45) is 0 Å². The lowest BCUT2D eigenvalue weighted by Crippen LogP contribution is -2.28. The van der Waals surface area contributed by atoms with Gasteiger partial charge in [0.15, 0.2) is 16.9 Å². The van der Waals surface area contributed by atoms with Gasteiger partial charge in [0, 0.05) is 199 Å². The molecule has 18 rings (SSSR count). The van der Waals surface area contributed by atoms with Crippen LogP contribution < -0.4 is 31.9 Å². The molecule has 0 radical (unpaired) electrons. The van der Waals surface area contributed by atoms with Crippen molar-refractivity contribution < 1.29 is 189 Å². The predicted octanol–water partition coefficient (Wildman–Crippen LogP) is 11.5. The molecule has 6 atom stereocenters. The molecule has 6 aliphatic rings.